The van der Waals surface area contributed by atoms with Crippen molar-refractivity contribution in [1.29, 1.82) is 0 Å². The molecule has 0 spiro atoms. The maximum atomic E-state index is 11.8. The summed E-state index contributed by atoms with van der Waals surface area (Å²) in [5.41, 5.74) is 0. The SMILES string of the molecule is CC(NC(=O)NCC1CCCN(C(C)C)C1)C1CC1. The van der Waals surface area contributed by atoms with Crippen LogP contribution < -0.4 is 10.6 Å². The zero-order valence-corrected chi connectivity index (χ0v) is 12.6. The van der Waals surface area contributed by atoms with Gasteiger partial charge in [0.1, 0.15) is 0 Å². The van der Waals surface area contributed by atoms with Gasteiger partial charge in [0.05, 0.1) is 0 Å². The highest BCUT2D eigenvalue weighted by molar-refractivity contribution is 5.74. The van der Waals surface area contributed by atoms with E-state index in [0.717, 1.165) is 19.0 Å². The number of rotatable bonds is 5. The Bertz CT molecular complexity index is 302. The first kappa shape index (κ1) is 14.6. The van der Waals surface area contributed by atoms with Crippen molar-refractivity contribution in [2.24, 2.45) is 11.8 Å². The molecule has 0 aromatic heterocycles. The standard InChI is InChI=1S/C15H29N3O/c1-11(2)18-8-4-5-13(10-18)9-16-15(19)17-12(3)14-6-7-14/h11-14H,4-10H2,1-3H3,(H2,16,17,19). The quantitative estimate of drug-likeness (QED) is 0.802. The first-order valence-electron chi connectivity index (χ1n) is 7.84. The van der Waals surface area contributed by atoms with Crippen molar-refractivity contribution >= 4 is 6.03 Å². The Kier molecular flexibility index (Phi) is 5.08. The van der Waals surface area contributed by atoms with Crippen LogP contribution in [0.4, 0.5) is 4.79 Å². The van der Waals surface area contributed by atoms with Crippen molar-refractivity contribution in [3.8, 4) is 0 Å². The van der Waals surface area contributed by atoms with Crippen molar-refractivity contribution in [3.63, 3.8) is 0 Å². The van der Waals surface area contributed by atoms with Crippen LogP contribution in [-0.4, -0.2) is 42.6 Å². The zero-order chi connectivity index (χ0) is 13.8. The van der Waals surface area contributed by atoms with Gasteiger partial charge in [-0.05, 0) is 64.8 Å². The number of hydrogen-bond acceptors (Lipinski definition) is 2. The predicted octanol–water partition coefficient (Wildman–Crippen LogP) is 2.20. The van der Waals surface area contributed by atoms with Crippen LogP contribution in [0.5, 0.6) is 0 Å². The largest absolute Gasteiger partial charge is 0.338 e. The number of urea groups is 1. The second kappa shape index (κ2) is 6.60. The minimum atomic E-state index is 0.0149. The molecule has 19 heavy (non-hydrogen) atoms. The number of nitrogens with one attached hydrogen (secondary N) is 2. The number of amides is 2. The Balaban J connectivity index is 1.65. The summed E-state index contributed by atoms with van der Waals surface area (Å²) in [6, 6.07) is 0.964. The second-order valence-corrected chi connectivity index (χ2v) is 6.58. The van der Waals surface area contributed by atoms with E-state index in [1.807, 2.05) is 0 Å². The van der Waals surface area contributed by atoms with Gasteiger partial charge in [0.2, 0.25) is 0 Å². The molecule has 110 valence electrons. The highest BCUT2D eigenvalue weighted by Crippen LogP contribution is 2.32. The summed E-state index contributed by atoms with van der Waals surface area (Å²) in [4.78, 5) is 14.3. The smallest absolute Gasteiger partial charge is 0.315 e. The number of carbonyl (C=O) groups is 1. The number of hydrogen-bond donors (Lipinski definition) is 2. The van der Waals surface area contributed by atoms with E-state index in [-0.39, 0.29) is 6.03 Å². The van der Waals surface area contributed by atoms with Crippen molar-refractivity contribution in [3.05, 3.63) is 0 Å². The lowest BCUT2D eigenvalue weighted by Gasteiger charge is -2.35. The maximum absolute atomic E-state index is 11.8. The van der Waals surface area contributed by atoms with Gasteiger partial charge in [0, 0.05) is 25.2 Å². The molecule has 2 fully saturated rings. The highest BCUT2D eigenvalue weighted by Gasteiger charge is 2.29. The number of nitrogens with zero attached hydrogens (tertiary/aromatic N) is 1. The van der Waals surface area contributed by atoms with Gasteiger partial charge in [-0.25, -0.2) is 4.79 Å². The number of piperidine rings is 1. The van der Waals surface area contributed by atoms with E-state index in [0.29, 0.717) is 18.0 Å². The van der Waals surface area contributed by atoms with Gasteiger partial charge in [0.15, 0.2) is 0 Å². The average molecular weight is 267 g/mol. The molecule has 2 unspecified atom stereocenters. The third-order valence-electron chi connectivity index (χ3n) is 4.52. The van der Waals surface area contributed by atoms with E-state index in [2.05, 4.69) is 36.3 Å². The zero-order valence-electron chi connectivity index (χ0n) is 12.6. The summed E-state index contributed by atoms with van der Waals surface area (Å²) < 4.78 is 0. The molecule has 1 saturated carbocycles. The molecule has 1 saturated heterocycles. The van der Waals surface area contributed by atoms with Gasteiger partial charge in [-0.3, -0.25) is 0 Å². The van der Waals surface area contributed by atoms with Crippen LogP contribution in [0.2, 0.25) is 0 Å². The van der Waals surface area contributed by atoms with Crippen LogP contribution in [0, 0.1) is 11.8 Å². The topological polar surface area (TPSA) is 44.4 Å². The molecular formula is C15H29N3O. The van der Waals surface area contributed by atoms with E-state index >= 15 is 0 Å². The molecule has 0 aromatic carbocycles. The molecule has 4 nitrogen and oxygen atoms in total. The summed E-state index contributed by atoms with van der Waals surface area (Å²) in [5, 5.41) is 6.10. The molecule has 0 aromatic rings. The molecule has 2 rings (SSSR count). The Hall–Kier alpha value is -0.770. The molecule has 4 heteroatoms. The summed E-state index contributed by atoms with van der Waals surface area (Å²) >= 11 is 0. The van der Waals surface area contributed by atoms with Gasteiger partial charge in [-0.2, -0.15) is 0 Å². The molecular weight excluding hydrogens is 238 g/mol. The summed E-state index contributed by atoms with van der Waals surface area (Å²) in [7, 11) is 0. The Morgan fingerprint density at radius 3 is 2.63 bits per heavy atom. The van der Waals surface area contributed by atoms with Crippen LogP contribution in [0.15, 0.2) is 0 Å². The fourth-order valence-corrected chi connectivity index (χ4v) is 2.94. The van der Waals surface area contributed by atoms with E-state index in [1.54, 1.807) is 0 Å². The van der Waals surface area contributed by atoms with Gasteiger partial charge < -0.3 is 15.5 Å². The molecule has 2 amide bonds. The lowest BCUT2D eigenvalue weighted by atomic mass is 9.97. The third-order valence-corrected chi connectivity index (χ3v) is 4.52. The third kappa shape index (κ3) is 4.68. The maximum Gasteiger partial charge on any atom is 0.315 e. The van der Waals surface area contributed by atoms with Crippen molar-refractivity contribution < 1.29 is 4.79 Å². The molecule has 0 radical (unpaired) electrons. The normalized spacial score (nSPS) is 26.2. The van der Waals surface area contributed by atoms with Crippen LogP contribution in [-0.2, 0) is 0 Å². The van der Waals surface area contributed by atoms with E-state index in [9.17, 15) is 4.79 Å². The average Bonchev–Trinajstić information content (AvgIpc) is 3.21. The highest BCUT2D eigenvalue weighted by atomic mass is 16.2. The second-order valence-electron chi connectivity index (χ2n) is 6.58. The lowest BCUT2D eigenvalue weighted by molar-refractivity contribution is 0.139. The van der Waals surface area contributed by atoms with Crippen molar-refractivity contribution in [2.75, 3.05) is 19.6 Å². The first-order valence-corrected chi connectivity index (χ1v) is 7.84. The monoisotopic (exact) mass is 267 g/mol. The molecule has 2 aliphatic rings. The first-order chi connectivity index (χ1) is 9.06. The lowest BCUT2D eigenvalue weighted by Crippen LogP contribution is -2.47. The number of likely N-dealkylation sites (tertiary alicyclic amines) is 1. The van der Waals surface area contributed by atoms with Crippen LogP contribution in [0.25, 0.3) is 0 Å². The number of carbonyl (C=O) groups excluding carboxylic acids is 1. The molecule has 0 bridgehead atoms. The van der Waals surface area contributed by atoms with Gasteiger partial charge in [-0.15, -0.1) is 0 Å². The van der Waals surface area contributed by atoms with E-state index in [1.165, 1.54) is 32.2 Å². The summed E-state index contributed by atoms with van der Waals surface area (Å²) in [6.07, 6.45) is 5.03. The van der Waals surface area contributed by atoms with Crippen LogP contribution >= 0.6 is 0 Å². The fourth-order valence-electron chi connectivity index (χ4n) is 2.94. The van der Waals surface area contributed by atoms with E-state index < -0.39 is 0 Å². The van der Waals surface area contributed by atoms with Gasteiger partial charge >= 0.3 is 6.03 Å². The molecule has 1 aliphatic carbocycles. The molecule has 2 N–H and O–H groups in total. The molecule has 2 atom stereocenters. The summed E-state index contributed by atoms with van der Waals surface area (Å²) in [6.45, 7) is 9.75. The molecule has 1 heterocycles. The van der Waals surface area contributed by atoms with Crippen LogP contribution in [0.1, 0.15) is 46.5 Å². The summed E-state index contributed by atoms with van der Waals surface area (Å²) in [5.74, 6) is 1.33. The van der Waals surface area contributed by atoms with Crippen LogP contribution in [0.3, 0.4) is 0 Å². The molecule has 1 aliphatic heterocycles. The van der Waals surface area contributed by atoms with Gasteiger partial charge in [-0.1, -0.05) is 0 Å². The fraction of sp³-hybridized carbons (Fsp3) is 0.933. The minimum Gasteiger partial charge on any atom is -0.338 e. The Labute approximate surface area is 117 Å². The Morgan fingerprint density at radius 2 is 2.00 bits per heavy atom. The Morgan fingerprint density at radius 1 is 1.26 bits per heavy atom. The van der Waals surface area contributed by atoms with E-state index in [4.69, 9.17) is 0 Å². The predicted molar refractivity (Wildman–Crippen MR) is 78.2 cm³/mol. The van der Waals surface area contributed by atoms with Crippen molar-refractivity contribution in [2.45, 2.75) is 58.5 Å². The minimum absolute atomic E-state index is 0.0149. The van der Waals surface area contributed by atoms with Crippen molar-refractivity contribution in [1.82, 2.24) is 15.5 Å². The van der Waals surface area contributed by atoms with Gasteiger partial charge in [0.25, 0.3) is 0 Å².